The van der Waals surface area contributed by atoms with E-state index in [2.05, 4.69) is 13.8 Å². The van der Waals surface area contributed by atoms with Crippen molar-refractivity contribution in [2.24, 2.45) is 5.92 Å². The maximum absolute atomic E-state index is 12.5. The Morgan fingerprint density at radius 1 is 0.667 bits per heavy atom. The second-order valence-electron chi connectivity index (χ2n) is 8.47. The third-order valence-corrected chi connectivity index (χ3v) is 6.11. The molecule has 0 unspecified atom stereocenters. The minimum Gasteiger partial charge on any atom is -0.462 e. The average Bonchev–Trinajstić information content (AvgIpc) is 2.70. The first-order chi connectivity index (χ1) is 13.2. The van der Waals surface area contributed by atoms with E-state index in [1.807, 2.05) is 0 Å². The van der Waals surface area contributed by atoms with Crippen LogP contribution in [0.3, 0.4) is 0 Å². The van der Waals surface area contributed by atoms with E-state index in [1.54, 1.807) is 0 Å². The molecule has 0 heterocycles. The summed E-state index contributed by atoms with van der Waals surface area (Å²) in [6.07, 6.45) is 15.9. The van der Waals surface area contributed by atoms with Crippen LogP contribution in [0.15, 0.2) is 0 Å². The highest BCUT2D eigenvalue weighted by molar-refractivity contribution is 5.72. The van der Waals surface area contributed by atoms with Gasteiger partial charge in [-0.3, -0.25) is 4.79 Å². The molecule has 0 radical (unpaired) electrons. The lowest BCUT2D eigenvalue weighted by molar-refractivity contribution is -0.159. The Hall–Kier alpha value is -0.610. The van der Waals surface area contributed by atoms with E-state index in [9.17, 15) is 4.79 Å². The van der Waals surface area contributed by atoms with Crippen LogP contribution in [-0.2, 0) is 19.0 Å². The van der Waals surface area contributed by atoms with Crippen LogP contribution >= 0.6 is 0 Å². The van der Waals surface area contributed by atoms with E-state index in [0.717, 1.165) is 77.4 Å². The van der Waals surface area contributed by atoms with Crippen LogP contribution in [0.1, 0.15) is 104 Å². The Kier molecular flexibility index (Phi) is 11.4. The zero-order chi connectivity index (χ0) is 19.3. The molecule has 2 rings (SSSR count). The van der Waals surface area contributed by atoms with Crippen molar-refractivity contribution in [1.29, 1.82) is 0 Å². The molecular weight excluding hydrogens is 340 g/mol. The Morgan fingerprint density at radius 3 is 1.59 bits per heavy atom. The number of carbonyl (C=O) groups excluding carboxylic acids is 1. The quantitative estimate of drug-likeness (QED) is 0.315. The number of hydrogen-bond acceptors (Lipinski definition) is 4. The second kappa shape index (κ2) is 13.5. The molecule has 27 heavy (non-hydrogen) atoms. The van der Waals surface area contributed by atoms with Crippen molar-refractivity contribution in [2.75, 3.05) is 13.2 Å². The van der Waals surface area contributed by atoms with Crippen molar-refractivity contribution in [1.82, 2.24) is 0 Å². The molecule has 0 aromatic heterocycles. The number of hydrogen-bond donors (Lipinski definition) is 0. The van der Waals surface area contributed by atoms with Crippen LogP contribution in [0.2, 0.25) is 0 Å². The highest BCUT2D eigenvalue weighted by Gasteiger charge is 2.31. The third-order valence-electron chi connectivity index (χ3n) is 6.11. The summed E-state index contributed by atoms with van der Waals surface area (Å²) in [6.45, 7) is 6.18. The lowest BCUT2D eigenvalue weighted by Gasteiger charge is -2.31. The van der Waals surface area contributed by atoms with Crippen molar-refractivity contribution in [3.63, 3.8) is 0 Å². The lowest BCUT2D eigenvalue weighted by atomic mass is 9.87. The van der Waals surface area contributed by atoms with Crippen LogP contribution in [0.5, 0.6) is 0 Å². The number of rotatable bonds is 12. The summed E-state index contributed by atoms with van der Waals surface area (Å²) in [6, 6.07) is 0. The fourth-order valence-electron chi connectivity index (χ4n) is 4.25. The lowest BCUT2D eigenvalue weighted by Crippen LogP contribution is -2.33. The van der Waals surface area contributed by atoms with E-state index >= 15 is 0 Å². The molecule has 0 bridgehead atoms. The van der Waals surface area contributed by atoms with Gasteiger partial charge in [0.1, 0.15) is 6.10 Å². The van der Waals surface area contributed by atoms with Crippen molar-refractivity contribution in [3.8, 4) is 0 Å². The maximum Gasteiger partial charge on any atom is 0.309 e. The summed E-state index contributed by atoms with van der Waals surface area (Å²) in [4.78, 5) is 12.5. The Bertz CT molecular complexity index is 382. The van der Waals surface area contributed by atoms with Crippen molar-refractivity contribution >= 4 is 5.97 Å². The Balaban J connectivity index is 1.55. The average molecular weight is 383 g/mol. The van der Waals surface area contributed by atoms with Gasteiger partial charge in [-0.05, 0) is 64.2 Å². The van der Waals surface area contributed by atoms with E-state index < -0.39 is 0 Å². The Labute approximate surface area is 166 Å². The van der Waals surface area contributed by atoms with Gasteiger partial charge in [-0.15, -0.1) is 0 Å². The molecule has 2 aliphatic carbocycles. The number of ether oxygens (including phenoxy) is 3. The standard InChI is InChI=1S/C23H42O4/c1-3-5-7-17-25-20-11-9-19(10-12-20)23(24)27-22-15-13-21(14-16-22)26-18-8-6-4-2/h19-22H,3-18H2,1-2H3. The normalized spacial score (nSPS) is 28.8. The van der Waals surface area contributed by atoms with E-state index in [-0.39, 0.29) is 18.0 Å². The zero-order valence-electron chi connectivity index (χ0n) is 17.8. The van der Waals surface area contributed by atoms with Gasteiger partial charge >= 0.3 is 5.97 Å². The summed E-state index contributed by atoms with van der Waals surface area (Å²) >= 11 is 0. The van der Waals surface area contributed by atoms with Gasteiger partial charge in [0.25, 0.3) is 0 Å². The van der Waals surface area contributed by atoms with Gasteiger partial charge in [0.15, 0.2) is 0 Å². The fraction of sp³-hybridized carbons (Fsp3) is 0.957. The van der Waals surface area contributed by atoms with Crippen LogP contribution in [0.25, 0.3) is 0 Å². The van der Waals surface area contributed by atoms with Gasteiger partial charge in [-0.2, -0.15) is 0 Å². The fourth-order valence-corrected chi connectivity index (χ4v) is 4.25. The molecule has 0 amide bonds. The van der Waals surface area contributed by atoms with Gasteiger partial charge in [0.05, 0.1) is 18.1 Å². The second-order valence-corrected chi connectivity index (χ2v) is 8.47. The first kappa shape index (κ1) is 22.7. The molecular formula is C23H42O4. The molecule has 2 aliphatic rings. The van der Waals surface area contributed by atoms with Crippen LogP contribution in [-0.4, -0.2) is 37.5 Å². The zero-order valence-corrected chi connectivity index (χ0v) is 17.8. The van der Waals surface area contributed by atoms with Crippen molar-refractivity contribution in [3.05, 3.63) is 0 Å². The molecule has 2 fully saturated rings. The molecule has 2 saturated carbocycles. The molecule has 0 aliphatic heterocycles. The van der Waals surface area contributed by atoms with Crippen LogP contribution < -0.4 is 0 Å². The first-order valence-corrected chi connectivity index (χ1v) is 11.7. The summed E-state index contributed by atoms with van der Waals surface area (Å²) in [5.41, 5.74) is 0. The van der Waals surface area contributed by atoms with Crippen LogP contribution in [0, 0.1) is 5.92 Å². The number of carbonyl (C=O) groups is 1. The number of esters is 1. The SMILES string of the molecule is CCCCCOC1CCC(OC(=O)C2CCC(OCCCCC)CC2)CC1. The summed E-state index contributed by atoms with van der Waals surface area (Å²) in [7, 11) is 0. The molecule has 0 spiro atoms. The molecule has 4 nitrogen and oxygen atoms in total. The highest BCUT2D eigenvalue weighted by atomic mass is 16.5. The summed E-state index contributed by atoms with van der Waals surface area (Å²) < 4.78 is 17.8. The largest absolute Gasteiger partial charge is 0.462 e. The van der Waals surface area contributed by atoms with Gasteiger partial charge in [0.2, 0.25) is 0 Å². The van der Waals surface area contributed by atoms with Crippen LogP contribution in [0.4, 0.5) is 0 Å². The smallest absolute Gasteiger partial charge is 0.309 e. The molecule has 0 aromatic rings. The van der Waals surface area contributed by atoms with Gasteiger partial charge in [0, 0.05) is 13.2 Å². The molecule has 4 heteroatoms. The van der Waals surface area contributed by atoms with E-state index in [0.29, 0.717) is 12.2 Å². The van der Waals surface area contributed by atoms with E-state index in [1.165, 1.54) is 25.7 Å². The van der Waals surface area contributed by atoms with Gasteiger partial charge in [-0.1, -0.05) is 39.5 Å². The molecule has 158 valence electrons. The highest BCUT2D eigenvalue weighted by Crippen LogP contribution is 2.30. The van der Waals surface area contributed by atoms with E-state index in [4.69, 9.17) is 14.2 Å². The third kappa shape index (κ3) is 8.95. The maximum atomic E-state index is 12.5. The molecule has 0 atom stereocenters. The number of unbranched alkanes of at least 4 members (excludes halogenated alkanes) is 4. The Morgan fingerprint density at radius 2 is 1.11 bits per heavy atom. The first-order valence-electron chi connectivity index (χ1n) is 11.7. The molecule has 0 saturated heterocycles. The minimum atomic E-state index is 0.0340. The predicted molar refractivity (Wildman–Crippen MR) is 109 cm³/mol. The van der Waals surface area contributed by atoms with Crippen molar-refractivity contribution < 1.29 is 19.0 Å². The summed E-state index contributed by atoms with van der Waals surface area (Å²) in [5.74, 6) is 0.121. The van der Waals surface area contributed by atoms with Gasteiger partial charge < -0.3 is 14.2 Å². The topological polar surface area (TPSA) is 44.8 Å². The minimum absolute atomic E-state index is 0.0340. The molecule has 0 N–H and O–H groups in total. The monoisotopic (exact) mass is 382 g/mol. The van der Waals surface area contributed by atoms with Gasteiger partial charge in [-0.25, -0.2) is 0 Å². The predicted octanol–water partition coefficient (Wildman–Crippen LogP) is 5.81. The molecule has 0 aromatic carbocycles. The van der Waals surface area contributed by atoms with Crippen molar-refractivity contribution in [2.45, 2.75) is 122 Å². The summed E-state index contributed by atoms with van der Waals surface area (Å²) in [5, 5.41) is 0.